The predicted molar refractivity (Wildman–Crippen MR) is 143 cm³/mol. The molecule has 3 aromatic rings. The molecule has 0 saturated carbocycles. The van der Waals surface area contributed by atoms with Crippen LogP contribution in [0.3, 0.4) is 0 Å². The Balaban J connectivity index is 1.39. The van der Waals surface area contributed by atoms with Gasteiger partial charge in [0.25, 0.3) is 0 Å². The maximum absolute atomic E-state index is 11.6. The zero-order chi connectivity index (χ0) is 24.8. The molecule has 1 fully saturated rings. The predicted octanol–water partition coefficient (Wildman–Crippen LogP) is 5.98. The summed E-state index contributed by atoms with van der Waals surface area (Å²) < 4.78 is 5.35. The van der Waals surface area contributed by atoms with Crippen LogP contribution in [0.5, 0.6) is 5.75 Å². The van der Waals surface area contributed by atoms with E-state index in [1.165, 1.54) is 4.90 Å². The van der Waals surface area contributed by atoms with E-state index >= 15 is 0 Å². The Morgan fingerprint density at radius 1 is 1.37 bits per heavy atom. The number of methoxy groups -OCH3 is 1. The average Bonchev–Trinajstić information content (AvgIpc) is 3.36. The third-order valence-corrected chi connectivity index (χ3v) is 8.90. The number of hydrogen-bond donors (Lipinski definition) is 2. The van der Waals surface area contributed by atoms with Crippen molar-refractivity contribution in [1.82, 2.24) is 9.88 Å². The van der Waals surface area contributed by atoms with Gasteiger partial charge in [0.2, 0.25) is 0 Å². The number of aromatic nitrogens is 1. The molecule has 3 atom stereocenters. The van der Waals surface area contributed by atoms with Crippen LogP contribution in [-0.2, 0) is 4.79 Å². The lowest BCUT2D eigenvalue weighted by molar-refractivity contribution is -0.139. The van der Waals surface area contributed by atoms with Crippen LogP contribution in [-0.4, -0.2) is 58.6 Å². The summed E-state index contributed by atoms with van der Waals surface area (Å²) in [7, 11) is 1.60. The maximum Gasteiger partial charge on any atom is 0.303 e. The van der Waals surface area contributed by atoms with Gasteiger partial charge in [-0.1, -0.05) is 11.6 Å². The van der Waals surface area contributed by atoms with Crippen LogP contribution >= 0.6 is 34.7 Å². The molecule has 1 aliphatic rings. The van der Waals surface area contributed by atoms with Crippen molar-refractivity contribution in [2.24, 2.45) is 11.8 Å². The minimum absolute atomic E-state index is 0.0735. The van der Waals surface area contributed by atoms with Gasteiger partial charge in [-0.15, -0.1) is 11.8 Å². The number of pyridine rings is 1. The van der Waals surface area contributed by atoms with E-state index in [1.807, 2.05) is 30.0 Å². The second-order valence-electron chi connectivity index (χ2n) is 9.01. The summed E-state index contributed by atoms with van der Waals surface area (Å²) in [5.74, 6) is 1.25. The number of fused-ring (bicyclic) bond motifs is 1. The Morgan fingerprint density at radius 3 is 2.97 bits per heavy atom. The highest BCUT2D eigenvalue weighted by Gasteiger charge is 2.31. The van der Waals surface area contributed by atoms with Gasteiger partial charge in [-0.2, -0.15) is 11.3 Å². The number of ether oxygens (including phenoxy) is 1. The largest absolute Gasteiger partial charge is 0.497 e. The van der Waals surface area contributed by atoms with Gasteiger partial charge in [0.05, 0.1) is 23.8 Å². The number of carbonyl (C=O) groups is 1. The van der Waals surface area contributed by atoms with Gasteiger partial charge in [0, 0.05) is 52.7 Å². The van der Waals surface area contributed by atoms with E-state index < -0.39 is 12.1 Å². The third-order valence-electron chi connectivity index (χ3n) is 6.80. The standard InChI is InChI=1S/C26H31ClN2O4S2/c1-33-19-3-4-23-21(13-19)26(22(27)14-28-23)24(30)5-2-17-6-8-29(15-18(17)12-25(31)32)9-11-35-20-7-10-34-16-20/h3-4,7,10,13-14,16-18,24,30H,2,5-6,8-9,11-12,15H2,1H3,(H,31,32)/t17-,18-,24+/m1/s1. The summed E-state index contributed by atoms with van der Waals surface area (Å²) in [6, 6.07) is 7.68. The van der Waals surface area contributed by atoms with Crippen molar-refractivity contribution in [3.8, 4) is 5.75 Å². The number of hydrogen-bond acceptors (Lipinski definition) is 7. The first kappa shape index (κ1) is 26.2. The van der Waals surface area contributed by atoms with Crippen LogP contribution in [0, 0.1) is 11.8 Å². The molecular formula is C26H31ClN2O4S2. The fourth-order valence-corrected chi connectivity index (χ4v) is 7.04. The molecule has 188 valence electrons. The number of aliphatic carboxylic acids is 1. The van der Waals surface area contributed by atoms with Gasteiger partial charge in [-0.3, -0.25) is 9.78 Å². The van der Waals surface area contributed by atoms with Gasteiger partial charge in [0.15, 0.2) is 0 Å². The van der Waals surface area contributed by atoms with Gasteiger partial charge in [-0.05, 0) is 67.3 Å². The highest BCUT2D eigenvalue weighted by atomic mass is 35.5. The van der Waals surface area contributed by atoms with Crippen molar-refractivity contribution < 1.29 is 19.7 Å². The van der Waals surface area contributed by atoms with Crippen LogP contribution in [0.4, 0.5) is 0 Å². The van der Waals surface area contributed by atoms with Crippen molar-refractivity contribution in [2.75, 3.05) is 32.5 Å². The molecule has 0 spiro atoms. The number of aliphatic hydroxyl groups excluding tert-OH is 1. The summed E-state index contributed by atoms with van der Waals surface area (Å²) in [6.45, 7) is 2.69. The van der Waals surface area contributed by atoms with Crippen LogP contribution < -0.4 is 4.74 Å². The first-order valence-electron chi connectivity index (χ1n) is 11.8. The van der Waals surface area contributed by atoms with E-state index in [0.717, 1.165) is 49.1 Å². The van der Waals surface area contributed by atoms with E-state index in [1.54, 1.807) is 24.6 Å². The highest BCUT2D eigenvalue weighted by molar-refractivity contribution is 7.99. The molecule has 4 rings (SSSR count). The molecule has 1 aromatic carbocycles. The third kappa shape index (κ3) is 6.89. The van der Waals surface area contributed by atoms with Crippen LogP contribution in [0.1, 0.15) is 37.4 Å². The summed E-state index contributed by atoms with van der Waals surface area (Å²) >= 11 is 10.0. The van der Waals surface area contributed by atoms with Gasteiger partial charge in [0.1, 0.15) is 5.75 Å². The number of aliphatic hydroxyl groups is 1. The fraction of sp³-hybridized carbons (Fsp3) is 0.462. The Morgan fingerprint density at radius 2 is 2.23 bits per heavy atom. The summed E-state index contributed by atoms with van der Waals surface area (Å²) in [5, 5.41) is 26.1. The van der Waals surface area contributed by atoms with Crippen molar-refractivity contribution in [1.29, 1.82) is 0 Å². The zero-order valence-corrected chi connectivity index (χ0v) is 22.1. The van der Waals surface area contributed by atoms with Crippen LogP contribution in [0.25, 0.3) is 10.9 Å². The molecule has 1 aliphatic heterocycles. The van der Waals surface area contributed by atoms with E-state index in [0.29, 0.717) is 22.8 Å². The summed E-state index contributed by atoms with van der Waals surface area (Å²) in [6.07, 6.45) is 3.18. The number of thiophene rings is 1. The average molecular weight is 535 g/mol. The lowest BCUT2D eigenvalue weighted by Gasteiger charge is -2.38. The molecule has 0 unspecified atom stereocenters. The number of carboxylic acid groups (broad SMARTS) is 1. The number of halogens is 1. The molecule has 0 radical (unpaired) electrons. The molecule has 6 nitrogen and oxygen atoms in total. The van der Waals surface area contributed by atoms with Crippen LogP contribution in [0.2, 0.25) is 5.02 Å². The van der Waals surface area contributed by atoms with Gasteiger partial charge < -0.3 is 19.8 Å². The molecule has 1 saturated heterocycles. The Hall–Kier alpha value is -1.84. The van der Waals surface area contributed by atoms with Crippen molar-refractivity contribution in [3.05, 3.63) is 51.8 Å². The van der Waals surface area contributed by atoms with E-state index in [9.17, 15) is 15.0 Å². The molecule has 9 heteroatoms. The van der Waals surface area contributed by atoms with E-state index in [4.69, 9.17) is 16.3 Å². The molecule has 0 aliphatic carbocycles. The second kappa shape index (κ2) is 12.4. The second-order valence-corrected chi connectivity index (χ2v) is 11.4. The number of likely N-dealkylation sites (tertiary alicyclic amines) is 1. The molecule has 2 N–H and O–H groups in total. The quantitative estimate of drug-likeness (QED) is 0.293. The summed E-state index contributed by atoms with van der Waals surface area (Å²) in [4.78, 5) is 19.6. The minimum Gasteiger partial charge on any atom is -0.497 e. The van der Waals surface area contributed by atoms with Crippen molar-refractivity contribution >= 4 is 51.6 Å². The van der Waals surface area contributed by atoms with Gasteiger partial charge in [-0.25, -0.2) is 0 Å². The first-order chi connectivity index (χ1) is 16.9. The van der Waals surface area contributed by atoms with Crippen molar-refractivity contribution in [2.45, 2.75) is 36.7 Å². The Kier molecular flexibility index (Phi) is 9.30. The molecule has 35 heavy (non-hydrogen) atoms. The summed E-state index contributed by atoms with van der Waals surface area (Å²) in [5.41, 5.74) is 1.41. The molecule has 2 aromatic heterocycles. The van der Waals surface area contributed by atoms with Crippen LogP contribution in [0.15, 0.2) is 46.1 Å². The van der Waals surface area contributed by atoms with E-state index in [2.05, 4.69) is 26.7 Å². The van der Waals surface area contributed by atoms with Crippen molar-refractivity contribution in [3.63, 3.8) is 0 Å². The molecule has 0 bridgehead atoms. The Bertz CT molecular complexity index is 1130. The smallest absolute Gasteiger partial charge is 0.303 e. The number of thioether (sulfide) groups is 1. The molecule has 0 amide bonds. The number of benzene rings is 1. The minimum atomic E-state index is -0.759. The zero-order valence-electron chi connectivity index (χ0n) is 19.7. The molecule has 3 heterocycles. The Labute approximate surface area is 219 Å². The lowest BCUT2D eigenvalue weighted by atomic mass is 9.79. The monoisotopic (exact) mass is 534 g/mol. The highest BCUT2D eigenvalue weighted by Crippen LogP contribution is 2.37. The maximum atomic E-state index is 11.6. The number of rotatable bonds is 11. The topological polar surface area (TPSA) is 82.9 Å². The van der Waals surface area contributed by atoms with E-state index in [-0.39, 0.29) is 18.3 Å². The lowest BCUT2D eigenvalue weighted by Crippen LogP contribution is -2.42. The molecular weight excluding hydrogens is 504 g/mol. The van der Waals surface area contributed by atoms with Gasteiger partial charge >= 0.3 is 5.97 Å². The fourth-order valence-electron chi connectivity index (χ4n) is 4.97. The number of nitrogens with zero attached hydrogens (tertiary/aromatic N) is 2. The number of carboxylic acids is 1. The normalized spacial score (nSPS) is 19.6. The number of piperidine rings is 1. The SMILES string of the molecule is COc1ccc2ncc(Cl)c([C@@H](O)CC[C@@H]3CCN(CCSc4ccsc4)C[C@H]3CC(=O)O)c2c1. The first-order valence-corrected chi connectivity index (χ1v) is 14.1.